The van der Waals surface area contributed by atoms with E-state index in [4.69, 9.17) is 0 Å². The number of nitrogens with one attached hydrogen (secondary N) is 2. The molecule has 2 N–H and O–H groups in total. The minimum atomic E-state index is 0.423. The maximum atomic E-state index is 4.67. The van der Waals surface area contributed by atoms with E-state index < -0.39 is 0 Å². The van der Waals surface area contributed by atoms with Gasteiger partial charge in [0, 0.05) is 23.7 Å². The Morgan fingerprint density at radius 2 is 2.09 bits per heavy atom. The van der Waals surface area contributed by atoms with Crippen LogP contribution in [0.25, 0.3) is 0 Å². The van der Waals surface area contributed by atoms with Crippen molar-refractivity contribution in [1.82, 2.24) is 20.5 Å². The van der Waals surface area contributed by atoms with Gasteiger partial charge in [-0.25, -0.2) is 9.98 Å². The molecule has 0 aliphatic carbocycles. The van der Waals surface area contributed by atoms with Crippen molar-refractivity contribution in [2.24, 2.45) is 4.99 Å². The third-order valence-corrected chi connectivity index (χ3v) is 4.69. The summed E-state index contributed by atoms with van der Waals surface area (Å²) in [6.07, 6.45) is 4.28. The molecule has 1 rings (SSSR count). The maximum Gasteiger partial charge on any atom is 0.191 e. The second-order valence-electron chi connectivity index (χ2n) is 5.76. The van der Waals surface area contributed by atoms with Crippen molar-refractivity contribution in [2.75, 3.05) is 26.2 Å². The minimum Gasteiger partial charge on any atom is -0.357 e. The predicted octanol–water partition coefficient (Wildman–Crippen LogP) is 3.02. The van der Waals surface area contributed by atoms with Gasteiger partial charge < -0.3 is 15.5 Å². The average Bonchev–Trinajstić information content (AvgIpc) is 2.95. The highest BCUT2D eigenvalue weighted by molar-refractivity contribution is 7.11. The number of aromatic nitrogens is 1. The van der Waals surface area contributed by atoms with Gasteiger partial charge in [0.05, 0.1) is 11.6 Å². The lowest BCUT2D eigenvalue weighted by Crippen LogP contribution is -2.42. The van der Waals surface area contributed by atoms with Gasteiger partial charge in [0.1, 0.15) is 0 Å². The number of aliphatic imine (C=N–C) groups is 1. The van der Waals surface area contributed by atoms with Crippen LogP contribution in [0.1, 0.15) is 50.4 Å². The van der Waals surface area contributed by atoms with Gasteiger partial charge in [0.2, 0.25) is 0 Å². The van der Waals surface area contributed by atoms with E-state index in [9.17, 15) is 0 Å². The summed E-state index contributed by atoms with van der Waals surface area (Å²) in [5.74, 6) is 0.897. The van der Waals surface area contributed by atoms with E-state index in [-0.39, 0.29) is 0 Å². The zero-order valence-electron chi connectivity index (χ0n) is 15.4. The van der Waals surface area contributed by atoms with E-state index in [2.05, 4.69) is 53.2 Å². The highest BCUT2D eigenvalue weighted by Crippen LogP contribution is 2.12. The summed E-state index contributed by atoms with van der Waals surface area (Å²) in [5, 5.41) is 7.93. The van der Waals surface area contributed by atoms with Crippen LogP contribution in [0.4, 0.5) is 0 Å². The first-order valence-corrected chi connectivity index (χ1v) is 9.59. The van der Waals surface area contributed by atoms with Crippen LogP contribution in [0.15, 0.2) is 11.2 Å². The van der Waals surface area contributed by atoms with Crippen molar-refractivity contribution < 1.29 is 0 Å². The van der Waals surface area contributed by atoms with Crippen molar-refractivity contribution in [3.05, 3.63) is 16.1 Å². The Balaban J connectivity index is 2.41. The van der Waals surface area contributed by atoms with E-state index in [1.54, 1.807) is 11.3 Å². The van der Waals surface area contributed by atoms with Crippen molar-refractivity contribution in [3.63, 3.8) is 0 Å². The van der Waals surface area contributed by atoms with E-state index in [1.165, 1.54) is 17.8 Å². The first-order valence-electron chi connectivity index (χ1n) is 8.77. The Hall–Kier alpha value is -1.14. The third-order valence-electron chi connectivity index (χ3n) is 3.80. The van der Waals surface area contributed by atoms with Crippen molar-refractivity contribution >= 4 is 17.3 Å². The van der Waals surface area contributed by atoms with E-state index in [1.807, 2.05) is 13.1 Å². The fraction of sp³-hybridized carbons (Fsp3) is 0.765. The summed E-state index contributed by atoms with van der Waals surface area (Å²) in [5.41, 5.74) is 0. The Morgan fingerprint density at radius 1 is 1.35 bits per heavy atom. The Morgan fingerprint density at radius 3 is 2.65 bits per heavy atom. The molecule has 0 spiro atoms. The molecule has 5 nitrogen and oxygen atoms in total. The van der Waals surface area contributed by atoms with Gasteiger partial charge in [-0.05, 0) is 53.2 Å². The van der Waals surface area contributed by atoms with Gasteiger partial charge in [0.25, 0.3) is 0 Å². The standard InChI is InChI=1S/C17H33N5S/c1-6-18-17(20-13-16-12-19-15(5)23-16)21-14(4)10-9-11-22(7-2)8-3/h12,14H,6-11,13H2,1-5H3,(H2,18,20,21). The van der Waals surface area contributed by atoms with Crippen molar-refractivity contribution in [3.8, 4) is 0 Å². The number of aryl methyl sites for hydroxylation is 1. The van der Waals surface area contributed by atoms with Gasteiger partial charge in [0.15, 0.2) is 5.96 Å². The summed E-state index contributed by atoms with van der Waals surface area (Å²) in [6.45, 7) is 15.8. The second kappa shape index (κ2) is 11.4. The summed E-state index contributed by atoms with van der Waals surface area (Å²) < 4.78 is 0. The third kappa shape index (κ3) is 8.32. The monoisotopic (exact) mass is 339 g/mol. The predicted molar refractivity (Wildman–Crippen MR) is 101 cm³/mol. The summed E-state index contributed by atoms with van der Waals surface area (Å²) in [4.78, 5) is 12.6. The quantitative estimate of drug-likeness (QED) is 0.508. The van der Waals surface area contributed by atoms with Crippen LogP contribution in [-0.4, -0.2) is 48.1 Å². The van der Waals surface area contributed by atoms with Crippen LogP contribution in [0.3, 0.4) is 0 Å². The van der Waals surface area contributed by atoms with Crippen LogP contribution in [-0.2, 0) is 6.54 Å². The van der Waals surface area contributed by atoms with Gasteiger partial charge >= 0.3 is 0 Å². The number of thiazole rings is 1. The summed E-state index contributed by atoms with van der Waals surface area (Å²) >= 11 is 1.71. The molecule has 0 amide bonds. The normalized spacial score (nSPS) is 13.4. The van der Waals surface area contributed by atoms with Crippen LogP contribution >= 0.6 is 11.3 Å². The largest absolute Gasteiger partial charge is 0.357 e. The molecule has 0 saturated carbocycles. The lowest BCUT2D eigenvalue weighted by molar-refractivity contribution is 0.292. The Kier molecular flexibility index (Phi) is 9.87. The first-order chi connectivity index (χ1) is 11.1. The molecule has 132 valence electrons. The molecule has 1 atom stereocenters. The van der Waals surface area contributed by atoms with Crippen LogP contribution in [0.5, 0.6) is 0 Å². The van der Waals surface area contributed by atoms with Gasteiger partial charge in [-0.1, -0.05) is 13.8 Å². The van der Waals surface area contributed by atoms with Gasteiger partial charge in [-0.15, -0.1) is 11.3 Å². The highest BCUT2D eigenvalue weighted by Gasteiger charge is 2.07. The fourth-order valence-corrected chi connectivity index (χ4v) is 3.14. The lowest BCUT2D eigenvalue weighted by atomic mass is 10.2. The SMILES string of the molecule is CCNC(=NCc1cnc(C)s1)NC(C)CCCN(CC)CC. The molecular weight excluding hydrogens is 306 g/mol. The molecule has 1 aromatic heterocycles. The first kappa shape index (κ1) is 19.9. The summed E-state index contributed by atoms with van der Waals surface area (Å²) in [6, 6.07) is 0.423. The van der Waals surface area contributed by atoms with Crippen molar-refractivity contribution in [1.29, 1.82) is 0 Å². The number of rotatable bonds is 10. The number of guanidine groups is 1. The van der Waals surface area contributed by atoms with E-state index in [0.29, 0.717) is 12.6 Å². The zero-order chi connectivity index (χ0) is 17.1. The molecule has 1 unspecified atom stereocenters. The molecular formula is C17H33N5S. The smallest absolute Gasteiger partial charge is 0.191 e. The Bertz CT molecular complexity index is 454. The zero-order valence-corrected chi connectivity index (χ0v) is 16.2. The van der Waals surface area contributed by atoms with Gasteiger partial charge in [-0.2, -0.15) is 0 Å². The van der Waals surface area contributed by atoms with E-state index in [0.717, 1.165) is 37.0 Å². The molecule has 0 aromatic carbocycles. The molecule has 0 bridgehead atoms. The molecule has 0 saturated heterocycles. The average molecular weight is 340 g/mol. The maximum absolute atomic E-state index is 4.67. The molecule has 23 heavy (non-hydrogen) atoms. The molecule has 0 fully saturated rings. The summed E-state index contributed by atoms with van der Waals surface area (Å²) in [7, 11) is 0. The van der Waals surface area contributed by atoms with Crippen LogP contribution < -0.4 is 10.6 Å². The number of nitrogens with zero attached hydrogens (tertiary/aromatic N) is 3. The highest BCUT2D eigenvalue weighted by atomic mass is 32.1. The van der Waals surface area contributed by atoms with E-state index >= 15 is 0 Å². The number of hydrogen-bond acceptors (Lipinski definition) is 4. The van der Waals surface area contributed by atoms with Crippen LogP contribution in [0, 0.1) is 6.92 Å². The molecule has 1 aromatic rings. The molecule has 0 aliphatic rings. The Labute approximate surface area is 145 Å². The van der Waals surface area contributed by atoms with Crippen LogP contribution in [0.2, 0.25) is 0 Å². The minimum absolute atomic E-state index is 0.423. The molecule has 0 aliphatic heterocycles. The second-order valence-corrected chi connectivity index (χ2v) is 7.07. The topological polar surface area (TPSA) is 52.6 Å². The number of hydrogen-bond donors (Lipinski definition) is 2. The van der Waals surface area contributed by atoms with Gasteiger partial charge in [-0.3, -0.25) is 0 Å². The van der Waals surface area contributed by atoms with Crippen molar-refractivity contribution in [2.45, 2.75) is 60.0 Å². The molecule has 1 heterocycles. The lowest BCUT2D eigenvalue weighted by Gasteiger charge is -2.21. The molecule has 6 heteroatoms. The molecule has 0 radical (unpaired) electrons. The fourth-order valence-electron chi connectivity index (χ4n) is 2.42.